The summed E-state index contributed by atoms with van der Waals surface area (Å²) in [6, 6.07) is -5.26. The Labute approximate surface area is 206 Å². The van der Waals surface area contributed by atoms with Crippen molar-refractivity contribution in [1.29, 1.82) is 0 Å². The Balaban J connectivity index is 5.55. The molecule has 0 spiro atoms. The number of aliphatic carboxylic acids is 3. The Morgan fingerprint density at radius 2 is 1.31 bits per heavy atom. The van der Waals surface area contributed by atoms with Crippen LogP contribution in [-0.4, -0.2) is 93.7 Å². The third kappa shape index (κ3) is 14.2. The molecule has 0 aromatic heterocycles. The number of carboxylic acids is 3. The molecule has 3 amide bonds. The maximum atomic E-state index is 12.9. The van der Waals surface area contributed by atoms with Gasteiger partial charge in [-0.3, -0.25) is 24.0 Å². The second-order valence-electron chi connectivity index (χ2n) is 7.72. The molecule has 0 aliphatic carbocycles. The van der Waals surface area contributed by atoms with E-state index < -0.39 is 72.6 Å². The molecule has 10 N–H and O–H groups in total. The van der Waals surface area contributed by atoms with Gasteiger partial charge < -0.3 is 42.7 Å². The van der Waals surface area contributed by atoms with E-state index in [1.165, 1.54) is 11.8 Å². The van der Waals surface area contributed by atoms with Crippen LogP contribution in [0.1, 0.15) is 44.9 Å². The van der Waals surface area contributed by atoms with Gasteiger partial charge in [0, 0.05) is 6.42 Å². The van der Waals surface area contributed by atoms with Gasteiger partial charge in [-0.25, -0.2) is 4.79 Å². The van der Waals surface area contributed by atoms with Crippen molar-refractivity contribution < 1.29 is 44.1 Å². The number of hydrogen-bond donors (Lipinski definition) is 8. The average molecular weight is 522 g/mol. The molecule has 14 nitrogen and oxygen atoms in total. The quantitative estimate of drug-likeness (QED) is 0.0865. The summed E-state index contributed by atoms with van der Waals surface area (Å²) in [6.45, 7) is 0.317. The lowest BCUT2D eigenvalue weighted by Crippen LogP contribution is -2.57. The summed E-state index contributed by atoms with van der Waals surface area (Å²) in [6.07, 6.45) is 1.40. The smallest absolute Gasteiger partial charge is 0.326 e. The number of carboxylic acid groups (broad SMARTS) is 3. The summed E-state index contributed by atoms with van der Waals surface area (Å²) in [5.41, 5.74) is 11.0. The minimum atomic E-state index is -1.42. The molecule has 15 heteroatoms. The maximum Gasteiger partial charge on any atom is 0.326 e. The molecule has 0 rings (SSSR count). The van der Waals surface area contributed by atoms with E-state index in [2.05, 4.69) is 16.0 Å². The summed E-state index contributed by atoms with van der Waals surface area (Å²) in [5, 5.41) is 34.2. The monoisotopic (exact) mass is 521 g/mol. The van der Waals surface area contributed by atoms with Crippen LogP contribution in [0, 0.1) is 0 Å². The van der Waals surface area contributed by atoms with Crippen molar-refractivity contribution in [2.24, 2.45) is 11.5 Å². The second-order valence-corrected chi connectivity index (χ2v) is 8.71. The molecule has 0 aliphatic heterocycles. The molecule has 0 aromatic rings. The van der Waals surface area contributed by atoms with Crippen LogP contribution < -0.4 is 27.4 Å². The molecule has 0 saturated heterocycles. The van der Waals surface area contributed by atoms with Crippen molar-refractivity contribution >= 4 is 47.4 Å². The van der Waals surface area contributed by atoms with Crippen molar-refractivity contribution in [3.63, 3.8) is 0 Å². The molecule has 4 atom stereocenters. The van der Waals surface area contributed by atoms with Gasteiger partial charge in [0.05, 0.1) is 12.5 Å². The van der Waals surface area contributed by atoms with E-state index in [1.807, 2.05) is 0 Å². The van der Waals surface area contributed by atoms with Gasteiger partial charge in [-0.1, -0.05) is 0 Å². The molecule has 0 heterocycles. The van der Waals surface area contributed by atoms with E-state index in [-0.39, 0.29) is 19.3 Å². The normalized spacial score (nSPS) is 14.1. The van der Waals surface area contributed by atoms with Gasteiger partial charge in [-0.2, -0.15) is 11.8 Å². The zero-order valence-electron chi connectivity index (χ0n) is 19.5. The van der Waals surface area contributed by atoms with Gasteiger partial charge in [0.1, 0.15) is 18.1 Å². The third-order valence-electron chi connectivity index (χ3n) is 4.82. The van der Waals surface area contributed by atoms with Crippen molar-refractivity contribution in [2.45, 2.75) is 69.1 Å². The molecule has 35 heavy (non-hydrogen) atoms. The first-order valence-electron chi connectivity index (χ1n) is 10.9. The number of unbranched alkanes of at least 4 members (excludes halogenated alkanes) is 1. The van der Waals surface area contributed by atoms with E-state index in [4.69, 9.17) is 21.7 Å². The maximum absolute atomic E-state index is 12.9. The number of nitrogens with two attached hydrogens (primary N) is 2. The van der Waals surface area contributed by atoms with Crippen LogP contribution in [0.5, 0.6) is 0 Å². The molecular formula is C20H35N5O9S. The van der Waals surface area contributed by atoms with Gasteiger partial charge in [0.15, 0.2) is 0 Å². The highest BCUT2D eigenvalue weighted by molar-refractivity contribution is 7.98. The molecule has 0 saturated carbocycles. The Morgan fingerprint density at radius 1 is 0.771 bits per heavy atom. The summed E-state index contributed by atoms with van der Waals surface area (Å²) < 4.78 is 0. The first-order chi connectivity index (χ1) is 16.4. The van der Waals surface area contributed by atoms with E-state index in [1.54, 1.807) is 6.26 Å². The molecule has 200 valence electrons. The zero-order chi connectivity index (χ0) is 27.0. The predicted octanol–water partition coefficient (Wildman–Crippen LogP) is -1.93. The summed E-state index contributed by atoms with van der Waals surface area (Å²) in [4.78, 5) is 71.2. The Kier molecular flexibility index (Phi) is 16.1. The molecule has 0 aromatic carbocycles. The predicted molar refractivity (Wildman–Crippen MR) is 126 cm³/mol. The largest absolute Gasteiger partial charge is 0.481 e. The highest BCUT2D eigenvalue weighted by atomic mass is 32.2. The van der Waals surface area contributed by atoms with Crippen LogP contribution in [0.3, 0.4) is 0 Å². The molecule has 4 unspecified atom stereocenters. The standard InChI is InChI=1S/C20H35N5O9S/c1-35-9-7-14(20(33)34)25-19(32)13(5-6-15(26)27)24-18(31)12(4-2-3-8-21)23-17(30)11(22)10-16(28)29/h11-14H,2-10,21-22H2,1H3,(H,23,30)(H,24,31)(H,25,32)(H,26,27)(H,28,29)(H,33,34). The highest BCUT2D eigenvalue weighted by Gasteiger charge is 2.30. The summed E-state index contributed by atoms with van der Waals surface area (Å²) in [5.74, 6) is -6.00. The summed E-state index contributed by atoms with van der Waals surface area (Å²) >= 11 is 1.37. The molecule has 0 aliphatic rings. The fourth-order valence-corrected chi connectivity index (χ4v) is 3.37. The van der Waals surface area contributed by atoms with E-state index in [0.29, 0.717) is 25.1 Å². The first-order valence-corrected chi connectivity index (χ1v) is 12.3. The van der Waals surface area contributed by atoms with Gasteiger partial charge in [-0.15, -0.1) is 0 Å². The lowest BCUT2D eigenvalue weighted by molar-refractivity contribution is -0.143. The number of nitrogens with one attached hydrogen (secondary N) is 3. The molecular weight excluding hydrogens is 486 g/mol. The van der Waals surface area contributed by atoms with Crippen LogP contribution >= 0.6 is 11.8 Å². The number of amides is 3. The molecule has 0 radical (unpaired) electrons. The van der Waals surface area contributed by atoms with Crippen LogP contribution in [0.2, 0.25) is 0 Å². The zero-order valence-corrected chi connectivity index (χ0v) is 20.3. The van der Waals surface area contributed by atoms with Crippen LogP contribution in [-0.2, 0) is 28.8 Å². The number of carbonyl (C=O) groups is 6. The number of rotatable bonds is 19. The fraction of sp³-hybridized carbons (Fsp3) is 0.700. The molecule has 0 fully saturated rings. The Hall–Kier alpha value is -2.91. The second kappa shape index (κ2) is 17.5. The van der Waals surface area contributed by atoms with Crippen molar-refractivity contribution in [1.82, 2.24) is 16.0 Å². The minimum absolute atomic E-state index is 0.0906. The lowest BCUT2D eigenvalue weighted by Gasteiger charge is -2.25. The van der Waals surface area contributed by atoms with Gasteiger partial charge in [-0.05, 0) is 50.7 Å². The fourth-order valence-electron chi connectivity index (χ4n) is 2.90. The van der Waals surface area contributed by atoms with Crippen LogP contribution in [0.15, 0.2) is 0 Å². The molecule has 0 bridgehead atoms. The first kappa shape index (κ1) is 32.1. The minimum Gasteiger partial charge on any atom is -0.481 e. The van der Waals surface area contributed by atoms with Crippen molar-refractivity contribution in [3.05, 3.63) is 0 Å². The van der Waals surface area contributed by atoms with Crippen molar-refractivity contribution in [3.8, 4) is 0 Å². The number of hydrogen-bond acceptors (Lipinski definition) is 9. The highest BCUT2D eigenvalue weighted by Crippen LogP contribution is 2.07. The Bertz CT molecular complexity index is 752. The topological polar surface area (TPSA) is 251 Å². The lowest BCUT2D eigenvalue weighted by atomic mass is 10.0. The van der Waals surface area contributed by atoms with Crippen LogP contribution in [0.4, 0.5) is 0 Å². The number of thioether (sulfide) groups is 1. The third-order valence-corrected chi connectivity index (χ3v) is 5.46. The van der Waals surface area contributed by atoms with Crippen LogP contribution in [0.25, 0.3) is 0 Å². The van der Waals surface area contributed by atoms with Gasteiger partial charge in [0.25, 0.3) is 0 Å². The Morgan fingerprint density at radius 3 is 1.80 bits per heavy atom. The SMILES string of the molecule is CSCCC(NC(=O)C(CCC(=O)O)NC(=O)C(CCCCN)NC(=O)C(N)CC(=O)O)C(=O)O. The van der Waals surface area contributed by atoms with E-state index in [9.17, 15) is 33.9 Å². The number of carbonyl (C=O) groups excluding carboxylic acids is 3. The average Bonchev–Trinajstić information content (AvgIpc) is 2.77. The van der Waals surface area contributed by atoms with E-state index >= 15 is 0 Å². The van der Waals surface area contributed by atoms with Gasteiger partial charge in [0.2, 0.25) is 17.7 Å². The van der Waals surface area contributed by atoms with Crippen molar-refractivity contribution in [2.75, 3.05) is 18.6 Å². The summed E-state index contributed by atoms with van der Waals surface area (Å²) in [7, 11) is 0. The van der Waals surface area contributed by atoms with E-state index in [0.717, 1.165) is 0 Å². The van der Waals surface area contributed by atoms with Gasteiger partial charge >= 0.3 is 17.9 Å².